The number of ether oxygens (including phenoxy) is 1. The molecule has 0 bridgehead atoms. The second-order valence-electron chi connectivity index (χ2n) is 5.47. The SMILES string of the molecule is COC(C)(C)CC(=O)NC(Cc1ccc(O)cc1)C(=O)O. The van der Waals surface area contributed by atoms with Crippen molar-refractivity contribution in [1.29, 1.82) is 0 Å². The smallest absolute Gasteiger partial charge is 0.326 e. The van der Waals surface area contributed by atoms with Crippen LogP contribution in [0.1, 0.15) is 25.8 Å². The Morgan fingerprint density at radius 2 is 1.86 bits per heavy atom. The lowest BCUT2D eigenvalue weighted by Crippen LogP contribution is -2.44. The van der Waals surface area contributed by atoms with Crippen LogP contribution in [0, 0.1) is 0 Å². The van der Waals surface area contributed by atoms with Crippen LogP contribution in [0.15, 0.2) is 24.3 Å². The van der Waals surface area contributed by atoms with Gasteiger partial charge in [0.15, 0.2) is 0 Å². The van der Waals surface area contributed by atoms with E-state index in [0.29, 0.717) is 5.56 Å². The van der Waals surface area contributed by atoms with Crippen molar-refractivity contribution in [2.24, 2.45) is 0 Å². The Labute approximate surface area is 123 Å². The van der Waals surface area contributed by atoms with Crippen LogP contribution in [0.25, 0.3) is 0 Å². The van der Waals surface area contributed by atoms with Crippen molar-refractivity contribution in [1.82, 2.24) is 5.32 Å². The summed E-state index contributed by atoms with van der Waals surface area (Å²) in [7, 11) is 1.50. The number of benzene rings is 1. The van der Waals surface area contributed by atoms with Crippen LogP contribution in [0.5, 0.6) is 5.75 Å². The molecule has 6 heteroatoms. The van der Waals surface area contributed by atoms with E-state index in [0.717, 1.165) is 0 Å². The number of methoxy groups -OCH3 is 1. The summed E-state index contributed by atoms with van der Waals surface area (Å²) in [5.74, 6) is -1.38. The molecule has 0 aliphatic heterocycles. The van der Waals surface area contributed by atoms with Crippen molar-refractivity contribution >= 4 is 11.9 Å². The monoisotopic (exact) mass is 295 g/mol. The molecule has 6 nitrogen and oxygen atoms in total. The minimum atomic E-state index is -1.10. The van der Waals surface area contributed by atoms with E-state index in [1.807, 2.05) is 0 Å². The summed E-state index contributed by atoms with van der Waals surface area (Å²) in [5.41, 5.74) is 0.0672. The Balaban J connectivity index is 2.68. The summed E-state index contributed by atoms with van der Waals surface area (Å²) in [6.45, 7) is 3.50. The van der Waals surface area contributed by atoms with Gasteiger partial charge in [0.2, 0.25) is 5.91 Å². The highest BCUT2D eigenvalue weighted by molar-refractivity contribution is 5.84. The number of nitrogens with one attached hydrogen (secondary N) is 1. The highest BCUT2D eigenvalue weighted by atomic mass is 16.5. The maximum atomic E-state index is 11.9. The van der Waals surface area contributed by atoms with Crippen molar-refractivity contribution in [2.75, 3.05) is 7.11 Å². The van der Waals surface area contributed by atoms with E-state index in [2.05, 4.69) is 5.32 Å². The number of hydrogen-bond acceptors (Lipinski definition) is 4. The first-order chi connectivity index (χ1) is 9.73. The maximum Gasteiger partial charge on any atom is 0.326 e. The molecule has 0 aliphatic rings. The molecule has 1 atom stereocenters. The van der Waals surface area contributed by atoms with Crippen LogP contribution in [-0.2, 0) is 20.7 Å². The minimum Gasteiger partial charge on any atom is -0.508 e. The van der Waals surface area contributed by atoms with E-state index in [-0.39, 0.29) is 24.5 Å². The van der Waals surface area contributed by atoms with Gasteiger partial charge in [-0.25, -0.2) is 4.79 Å². The van der Waals surface area contributed by atoms with E-state index >= 15 is 0 Å². The molecule has 0 saturated heterocycles. The highest BCUT2D eigenvalue weighted by Gasteiger charge is 2.25. The van der Waals surface area contributed by atoms with Crippen LogP contribution < -0.4 is 5.32 Å². The van der Waals surface area contributed by atoms with E-state index in [9.17, 15) is 19.8 Å². The Kier molecular flexibility index (Phi) is 5.72. The van der Waals surface area contributed by atoms with Gasteiger partial charge in [0, 0.05) is 13.5 Å². The largest absolute Gasteiger partial charge is 0.508 e. The van der Waals surface area contributed by atoms with Crippen molar-refractivity contribution in [3.05, 3.63) is 29.8 Å². The van der Waals surface area contributed by atoms with Crippen molar-refractivity contribution in [2.45, 2.75) is 38.3 Å². The van der Waals surface area contributed by atoms with E-state index in [1.54, 1.807) is 26.0 Å². The Bertz CT molecular complexity index is 495. The number of rotatable bonds is 7. The zero-order chi connectivity index (χ0) is 16.0. The standard InChI is InChI=1S/C15H21NO5/c1-15(2,21-3)9-13(18)16-12(14(19)20)8-10-4-6-11(17)7-5-10/h4-7,12,17H,8-9H2,1-3H3,(H,16,18)(H,19,20). The average molecular weight is 295 g/mol. The fraction of sp³-hybridized carbons (Fsp3) is 0.467. The zero-order valence-corrected chi connectivity index (χ0v) is 12.4. The molecular formula is C15H21NO5. The van der Waals surface area contributed by atoms with Gasteiger partial charge >= 0.3 is 5.97 Å². The van der Waals surface area contributed by atoms with Crippen LogP contribution in [0.4, 0.5) is 0 Å². The van der Waals surface area contributed by atoms with Crippen molar-refractivity contribution < 1.29 is 24.5 Å². The minimum absolute atomic E-state index is 0.0723. The molecule has 1 aromatic carbocycles. The predicted molar refractivity (Wildman–Crippen MR) is 77.1 cm³/mol. The number of carbonyl (C=O) groups is 2. The summed E-state index contributed by atoms with van der Waals surface area (Å²) >= 11 is 0. The number of amides is 1. The molecule has 1 unspecified atom stereocenters. The van der Waals surface area contributed by atoms with E-state index in [1.165, 1.54) is 19.2 Å². The van der Waals surface area contributed by atoms with Gasteiger partial charge in [-0.3, -0.25) is 4.79 Å². The van der Waals surface area contributed by atoms with Gasteiger partial charge in [0.05, 0.1) is 12.0 Å². The van der Waals surface area contributed by atoms with Crippen molar-refractivity contribution in [3.8, 4) is 5.75 Å². The maximum absolute atomic E-state index is 11.9. The summed E-state index contributed by atoms with van der Waals surface area (Å²) in [6.07, 6.45) is 0.220. The van der Waals surface area contributed by atoms with Gasteiger partial charge in [0.25, 0.3) is 0 Å². The van der Waals surface area contributed by atoms with Crippen LogP contribution >= 0.6 is 0 Å². The quantitative estimate of drug-likeness (QED) is 0.705. The topological polar surface area (TPSA) is 95.9 Å². The number of phenolic OH excluding ortho intramolecular Hbond substituents is 1. The number of carboxylic acid groups (broad SMARTS) is 1. The molecule has 1 rings (SSSR count). The van der Waals surface area contributed by atoms with Gasteiger partial charge in [-0.15, -0.1) is 0 Å². The van der Waals surface area contributed by atoms with Gasteiger partial charge < -0.3 is 20.3 Å². The lowest BCUT2D eigenvalue weighted by atomic mass is 10.0. The third-order valence-corrected chi connectivity index (χ3v) is 3.15. The molecule has 3 N–H and O–H groups in total. The summed E-state index contributed by atoms with van der Waals surface area (Å²) in [4.78, 5) is 23.1. The molecule has 0 radical (unpaired) electrons. The van der Waals surface area contributed by atoms with Gasteiger partial charge in [-0.2, -0.15) is 0 Å². The fourth-order valence-corrected chi connectivity index (χ4v) is 1.77. The molecule has 116 valence electrons. The molecular weight excluding hydrogens is 274 g/mol. The first-order valence-electron chi connectivity index (χ1n) is 6.59. The molecule has 0 spiro atoms. The number of hydrogen-bond donors (Lipinski definition) is 3. The van der Waals surface area contributed by atoms with Crippen molar-refractivity contribution in [3.63, 3.8) is 0 Å². The molecule has 21 heavy (non-hydrogen) atoms. The Hall–Kier alpha value is -2.08. The second-order valence-corrected chi connectivity index (χ2v) is 5.47. The van der Waals surface area contributed by atoms with Gasteiger partial charge in [0.1, 0.15) is 11.8 Å². The van der Waals surface area contributed by atoms with Gasteiger partial charge in [-0.1, -0.05) is 12.1 Å². The summed E-state index contributed by atoms with van der Waals surface area (Å²) in [5, 5.41) is 20.9. The molecule has 0 aromatic heterocycles. The molecule has 1 amide bonds. The van der Waals surface area contributed by atoms with Crippen LogP contribution in [-0.4, -0.2) is 40.8 Å². The third-order valence-electron chi connectivity index (χ3n) is 3.15. The normalized spacial score (nSPS) is 12.7. The lowest BCUT2D eigenvalue weighted by molar-refractivity contribution is -0.142. The Morgan fingerprint density at radius 3 is 2.33 bits per heavy atom. The number of carbonyl (C=O) groups excluding carboxylic acids is 1. The summed E-state index contributed by atoms with van der Waals surface area (Å²) < 4.78 is 5.15. The average Bonchev–Trinajstić information content (AvgIpc) is 2.39. The molecule has 0 fully saturated rings. The fourth-order valence-electron chi connectivity index (χ4n) is 1.77. The second kappa shape index (κ2) is 7.08. The number of aliphatic carboxylic acids is 1. The molecule has 0 aliphatic carbocycles. The van der Waals surface area contributed by atoms with Crippen LogP contribution in [0.3, 0.4) is 0 Å². The zero-order valence-electron chi connectivity index (χ0n) is 12.4. The predicted octanol–water partition coefficient (Wildman–Crippen LogP) is 1.32. The van der Waals surface area contributed by atoms with E-state index in [4.69, 9.17) is 4.74 Å². The highest BCUT2D eigenvalue weighted by Crippen LogP contribution is 2.14. The molecule has 1 aromatic rings. The Morgan fingerprint density at radius 1 is 1.29 bits per heavy atom. The third kappa shape index (κ3) is 5.83. The van der Waals surface area contributed by atoms with E-state index < -0.39 is 17.6 Å². The molecule has 0 saturated carbocycles. The number of aromatic hydroxyl groups is 1. The molecule has 0 heterocycles. The lowest BCUT2D eigenvalue weighted by Gasteiger charge is -2.23. The number of carboxylic acids is 1. The first-order valence-corrected chi connectivity index (χ1v) is 6.59. The first kappa shape index (κ1) is 17.0. The number of phenols is 1. The summed E-state index contributed by atoms with van der Waals surface area (Å²) in [6, 6.07) is 5.18. The van der Waals surface area contributed by atoms with Gasteiger partial charge in [-0.05, 0) is 31.5 Å². The van der Waals surface area contributed by atoms with Crippen LogP contribution in [0.2, 0.25) is 0 Å².